The van der Waals surface area contributed by atoms with E-state index in [1.165, 1.54) is 6.92 Å². The van der Waals surface area contributed by atoms with Gasteiger partial charge in [0.2, 0.25) is 5.91 Å². The smallest absolute Gasteiger partial charge is 0.223 e. The number of nitrogens with one attached hydrogen (secondary N) is 1. The summed E-state index contributed by atoms with van der Waals surface area (Å²) >= 11 is 11.7. The number of carbonyl (C=O) groups excluding carboxylic acids is 2. The number of rotatable bonds is 6. The lowest BCUT2D eigenvalue weighted by atomic mass is 10.1. The summed E-state index contributed by atoms with van der Waals surface area (Å²) in [6, 6.07) is 4.42. The Morgan fingerprint density at radius 1 is 1.20 bits per heavy atom. The number of hydrogen-bond donors (Lipinski definition) is 2. The number of aliphatic hydroxyl groups excluding tert-OH is 1. The van der Waals surface area contributed by atoms with Crippen LogP contribution in [0.3, 0.4) is 0 Å². The lowest BCUT2D eigenvalue weighted by Gasteiger charge is -2.15. The zero-order valence-electron chi connectivity index (χ0n) is 11.3. The predicted molar refractivity (Wildman–Crippen MR) is 78.9 cm³/mol. The molecule has 0 saturated carbocycles. The van der Waals surface area contributed by atoms with Crippen LogP contribution in [0.1, 0.15) is 38.4 Å². The topological polar surface area (TPSA) is 66.4 Å². The molecule has 0 spiro atoms. The van der Waals surface area contributed by atoms with Crippen LogP contribution in [0.15, 0.2) is 18.2 Å². The fourth-order valence-electron chi connectivity index (χ4n) is 1.88. The van der Waals surface area contributed by atoms with Gasteiger partial charge in [-0.15, -0.1) is 0 Å². The van der Waals surface area contributed by atoms with Crippen molar-refractivity contribution in [3.8, 4) is 0 Å². The van der Waals surface area contributed by atoms with E-state index in [9.17, 15) is 14.7 Å². The molecular formula is C14H17Cl2NO3. The maximum atomic E-state index is 11.7. The van der Waals surface area contributed by atoms with Crippen molar-refractivity contribution < 1.29 is 14.7 Å². The average Bonchev–Trinajstić information content (AvgIpc) is 2.25. The van der Waals surface area contributed by atoms with Crippen LogP contribution in [0, 0.1) is 0 Å². The van der Waals surface area contributed by atoms with Crippen molar-refractivity contribution in [2.45, 2.75) is 38.8 Å². The van der Waals surface area contributed by atoms with Crippen molar-refractivity contribution in [2.75, 3.05) is 0 Å². The van der Waals surface area contributed by atoms with Gasteiger partial charge >= 0.3 is 0 Å². The van der Waals surface area contributed by atoms with Crippen molar-refractivity contribution in [2.24, 2.45) is 0 Å². The third-order valence-electron chi connectivity index (χ3n) is 2.65. The number of carbonyl (C=O) groups is 2. The predicted octanol–water partition coefficient (Wildman–Crippen LogP) is 2.90. The van der Waals surface area contributed by atoms with Crippen LogP contribution < -0.4 is 5.32 Å². The van der Waals surface area contributed by atoms with Crippen LogP contribution in [0.2, 0.25) is 10.0 Å². The van der Waals surface area contributed by atoms with E-state index in [-0.39, 0.29) is 30.6 Å². The molecule has 6 heteroatoms. The number of amides is 1. The minimum absolute atomic E-state index is 0.0000264. The van der Waals surface area contributed by atoms with Gasteiger partial charge in [0, 0.05) is 22.5 Å². The molecule has 0 aliphatic heterocycles. The number of benzene rings is 1. The van der Waals surface area contributed by atoms with Gasteiger partial charge in [-0.2, -0.15) is 0 Å². The Balaban J connectivity index is 2.59. The quantitative estimate of drug-likeness (QED) is 0.847. The molecule has 1 rings (SSSR count). The van der Waals surface area contributed by atoms with Crippen molar-refractivity contribution in [3.05, 3.63) is 33.8 Å². The van der Waals surface area contributed by atoms with Crippen molar-refractivity contribution >= 4 is 34.9 Å². The van der Waals surface area contributed by atoms with Gasteiger partial charge in [-0.1, -0.05) is 23.2 Å². The SMILES string of the molecule is CC(=O)CC(C)NC(=O)CC(O)c1cc(Cl)cc(Cl)c1. The fourth-order valence-corrected chi connectivity index (χ4v) is 2.42. The lowest BCUT2D eigenvalue weighted by Crippen LogP contribution is -2.34. The Bertz CT molecular complexity index is 485. The summed E-state index contributed by atoms with van der Waals surface area (Å²) < 4.78 is 0. The lowest BCUT2D eigenvalue weighted by molar-refractivity contribution is -0.124. The second-order valence-electron chi connectivity index (χ2n) is 4.80. The van der Waals surface area contributed by atoms with E-state index in [0.717, 1.165) is 0 Å². The molecule has 1 aromatic carbocycles. The molecule has 2 N–H and O–H groups in total. The highest BCUT2D eigenvalue weighted by atomic mass is 35.5. The second kappa shape index (κ2) is 7.62. The first-order valence-corrected chi connectivity index (χ1v) is 6.96. The first-order chi connectivity index (χ1) is 9.27. The molecule has 0 aromatic heterocycles. The molecule has 0 heterocycles. The third-order valence-corrected chi connectivity index (χ3v) is 3.09. The summed E-state index contributed by atoms with van der Waals surface area (Å²) in [6.45, 7) is 3.20. The van der Waals surface area contributed by atoms with Crippen LogP contribution in [0.4, 0.5) is 0 Å². The van der Waals surface area contributed by atoms with Crippen molar-refractivity contribution in [1.29, 1.82) is 0 Å². The summed E-state index contributed by atoms with van der Waals surface area (Å²) in [5.74, 6) is -0.331. The third kappa shape index (κ3) is 5.90. The molecule has 0 radical (unpaired) electrons. The van der Waals surface area contributed by atoms with Gasteiger partial charge < -0.3 is 10.4 Å². The molecule has 20 heavy (non-hydrogen) atoms. The molecule has 2 unspecified atom stereocenters. The minimum atomic E-state index is -0.990. The van der Waals surface area contributed by atoms with Gasteiger partial charge in [0.25, 0.3) is 0 Å². The van der Waals surface area contributed by atoms with Crippen LogP contribution in [0.25, 0.3) is 0 Å². The molecule has 0 aliphatic carbocycles. The van der Waals surface area contributed by atoms with Gasteiger partial charge in [0.05, 0.1) is 12.5 Å². The Morgan fingerprint density at radius 3 is 2.25 bits per heavy atom. The Kier molecular flexibility index (Phi) is 6.46. The fraction of sp³-hybridized carbons (Fsp3) is 0.429. The summed E-state index contributed by atoms with van der Waals surface area (Å²) in [7, 11) is 0. The maximum Gasteiger partial charge on any atom is 0.223 e. The number of hydrogen-bond acceptors (Lipinski definition) is 3. The molecular weight excluding hydrogens is 301 g/mol. The first-order valence-electron chi connectivity index (χ1n) is 6.20. The van der Waals surface area contributed by atoms with Gasteiger partial charge in [0.1, 0.15) is 5.78 Å². The van der Waals surface area contributed by atoms with E-state index >= 15 is 0 Å². The summed E-state index contributed by atoms with van der Waals surface area (Å²) in [5, 5.41) is 13.4. The molecule has 0 aliphatic rings. The van der Waals surface area contributed by atoms with E-state index in [1.807, 2.05) is 0 Å². The van der Waals surface area contributed by atoms with E-state index in [4.69, 9.17) is 23.2 Å². The number of halogens is 2. The van der Waals surface area contributed by atoms with Crippen molar-refractivity contribution in [3.63, 3.8) is 0 Å². The van der Waals surface area contributed by atoms with Crippen molar-refractivity contribution in [1.82, 2.24) is 5.32 Å². The van der Waals surface area contributed by atoms with E-state index in [0.29, 0.717) is 15.6 Å². The Hall–Kier alpha value is -1.10. The molecule has 0 fully saturated rings. The maximum absolute atomic E-state index is 11.7. The molecule has 2 atom stereocenters. The summed E-state index contributed by atoms with van der Waals surface area (Å²) in [5.41, 5.74) is 0.483. The average molecular weight is 318 g/mol. The highest BCUT2D eigenvalue weighted by molar-refractivity contribution is 6.34. The standard InChI is InChI=1S/C14H17Cl2NO3/c1-8(3-9(2)18)17-14(20)7-13(19)10-4-11(15)6-12(16)5-10/h4-6,8,13,19H,3,7H2,1-2H3,(H,17,20). The first kappa shape index (κ1) is 17.0. The second-order valence-corrected chi connectivity index (χ2v) is 5.67. The molecule has 0 bridgehead atoms. The van der Waals surface area contributed by atoms with E-state index < -0.39 is 6.10 Å². The molecule has 0 saturated heterocycles. The molecule has 1 aromatic rings. The number of ketones is 1. The van der Waals surface area contributed by atoms with Crippen LogP contribution >= 0.6 is 23.2 Å². The van der Waals surface area contributed by atoms with E-state index in [1.54, 1.807) is 25.1 Å². The highest BCUT2D eigenvalue weighted by Crippen LogP contribution is 2.25. The Labute approximate surface area is 128 Å². The largest absolute Gasteiger partial charge is 0.388 e. The zero-order chi connectivity index (χ0) is 15.3. The Morgan fingerprint density at radius 2 is 1.75 bits per heavy atom. The molecule has 110 valence electrons. The van der Waals surface area contributed by atoms with Crippen LogP contribution in [0.5, 0.6) is 0 Å². The van der Waals surface area contributed by atoms with Gasteiger partial charge in [0.15, 0.2) is 0 Å². The number of Topliss-reactive ketones (excluding diaryl/α,β-unsaturated/α-hetero) is 1. The minimum Gasteiger partial charge on any atom is -0.388 e. The number of aliphatic hydroxyl groups is 1. The summed E-state index contributed by atoms with van der Waals surface area (Å²) in [4.78, 5) is 22.7. The summed E-state index contributed by atoms with van der Waals surface area (Å²) in [6.07, 6.45) is -0.834. The highest BCUT2D eigenvalue weighted by Gasteiger charge is 2.16. The van der Waals surface area contributed by atoms with Crippen LogP contribution in [-0.2, 0) is 9.59 Å². The normalized spacial score (nSPS) is 13.7. The monoisotopic (exact) mass is 317 g/mol. The van der Waals surface area contributed by atoms with E-state index in [2.05, 4.69) is 5.32 Å². The van der Waals surface area contributed by atoms with Crippen LogP contribution in [-0.4, -0.2) is 22.8 Å². The molecule has 1 amide bonds. The van der Waals surface area contributed by atoms with Gasteiger partial charge in [-0.25, -0.2) is 0 Å². The van der Waals surface area contributed by atoms with Gasteiger partial charge in [-0.05, 0) is 37.6 Å². The zero-order valence-corrected chi connectivity index (χ0v) is 12.8. The van der Waals surface area contributed by atoms with Gasteiger partial charge in [-0.3, -0.25) is 9.59 Å². The molecule has 4 nitrogen and oxygen atoms in total.